The minimum atomic E-state index is -0.257. The summed E-state index contributed by atoms with van der Waals surface area (Å²) in [4.78, 5) is 20.8. The number of anilines is 1. The SMILES string of the molecule is O=C(Nc1nccs1)C(Cc1ccncc1)c1ccccc1. The van der Waals surface area contributed by atoms with Gasteiger partial charge in [-0.3, -0.25) is 9.78 Å². The van der Waals surface area contributed by atoms with Gasteiger partial charge in [0.15, 0.2) is 5.13 Å². The first-order valence-corrected chi connectivity index (χ1v) is 7.85. The second kappa shape index (κ2) is 6.95. The Labute approximate surface area is 132 Å². The number of rotatable bonds is 5. The van der Waals surface area contributed by atoms with Crippen LogP contribution in [0.1, 0.15) is 17.0 Å². The highest BCUT2D eigenvalue weighted by Gasteiger charge is 2.21. The van der Waals surface area contributed by atoms with Crippen LogP contribution in [0.15, 0.2) is 66.4 Å². The van der Waals surface area contributed by atoms with E-state index in [2.05, 4.69) is 15.3 Å². The fraction of sp³-hybridized carbons (Fsp3) is 0.118. The van der Waals surface area contributed by atoms with Crippen molar-refractivity contribution in [1.82, 2.24) is 9.97 Å². The Morgan fingerprint density at radius 3 is 2.55 bits per heavy atom. The summed E-state index contributed by atoms with van der Waals surface area (Å²) in [5.41, 5.74) is 2.08. The van der Waals surface area contributed by atoms with Crippen molar-refractivity contribution in [2.75, 3.05) is 5.32 Å². The molecule has 2 aromatic heterocycles. The quantitative estimate of drug-likeness (QED) is 0.785. The Morgan fingerprint density at radius 2 is 1.86 bits per heavy atom. The van der Waals surface area contributed by atoms with Crippen molar-refractivity contribution in [1.29, 1.82) is 0 Å². The highest BCUT2D eigenvalue weighted by atomic mass is 32.1. The van der Waals surface area contributed by atoms with Gasteiger partial charge in [0.2, 0.25) is 5.91 Å². The molecule has 0 aliphatic rings. The lowest BCUT2D eigenvalue weighted by molar-refractivity contribution is -0.117. The van der Waals surface area contributed by atoms with Crippen molar-refractivity contribution < 1.29 is 4.79 Å². The largest absolute Gasteiger partial charge is 0.301 e. The van der Waals surface area contributed by atoms with E-state index in [0.717, 1.165) is 11.1 Å². The Kier molecular flexibility index (Phi) is 4.56. The van der Waals surface area contributed by atoms with E-state index in [0.29, 0.717) is 11.6 Å². The number of hydrogen-bond donors (Lipinski definition) is 1. The number of carbonyl (C=O) groups is 1. The molecule has 3 rings (SSSR count). The van der Waals surface area contributed by atoms with Crippen LogP contribution in [-0.4, -0.2) is 15.9 Å². The summed E-state index contributed by atoms with van der Waals surface area (Å²) in [7, 11) is 0. The van der Waals surface area contributed by atoms with Crippen molar-refractivity contribution >= 4 is 22.4 Å². The topological polar surface area (TPSA) is 54.9 Å². The lowest BCUT2D eigenvalue weighted by Gasteiger charge is -2.16. The van der Waals surface area contributed by atoms with E-state index in [1.165, 1.54) is 11.3 Å². The molecule has 0 spiro atoms. The molecule has 4 nitrogen and oxygen atoms in total. The first-order chi connectivity index (χ1) is 10.8. The maximum atomic E-state index is 12.7. The molecule has 3 aromatic rings. The number of carbonyl (C=O) groups excluding carboxylic acids is 1. The average molecular weight is 309 g/mol. The highest BCUT2D eigenvalue weighted by molar-refractivity contribution is 7.13. The summed E-state index contributed by atoms with van der Waals surface area (Å²) in [5.74, 6) is -0.300. The van der Waals surface area contributed by atoms with Crippen molar-refractivity contribution in [3.8, 4) is 0 Å². The van der Waals surface area contributed by atoms with E-state index in [-0.39, 0.29) is 11.8 Å². The van der Waals surface area contributed by atoms with Crippen LogP contribution in [0.25, 0.3) is 0 Å². The van der Waals surface area contributed by atoms with Gasteiger partial charge in [-0.2, -0.15) is 0 Å². The lowest BCUT2D eigenvalue weighted by atomic mass is 9.91. The summed E-state index contributed by atoms with van der Waals surface area (Å²) < 4.78 is 0. The van der Waals surface area contributed by atoms with Crippen LogP contribution < -0.4 is 5.32 Å². The first-order valence-electron chi connectivity index (χ1n) is 6.97. The Bertz CT molecular complexity index is 714. The smallest absolute Gasteiger partial charge is 0.234 e. The second-order valence-corrected chi connectivity index (χ2v) is 5.74. The molecule has 1 N–H and O–H groups in total. The molecule has 0 aliphatic carbocycles. The molecule has 0 saturated heterocycles. The molecular formula is C17H15N3OS. The molecule has 2 heterocycles. The lowest BCUT2D eigenvalue weighted by Crippen LogP contribution is -2.23. The number of thiazole rings is 1. The zero-order chi connectivity index (χ0) is 15.2. The number of nitrogens with zero attached hydrogens (tertiary/aromatic N) is 2. The number of amides is 1. The van der Waals surface area contributed by atoms with Gasteiger partial charge in [-0.1, -0.05) is 30.3 Å². The van der Waals surface area contributed by atoms with Gasteiger partial charge in [-0.25, -0.2) is 4.98 Å². The molecule has 0 saturated carbocycles. The van der Waals surface area contributed by atoms with E-state index in [4.69, 9.17) is 0 Å². The minimum Gasteiger partial charge on any atom is -0.301 e. The van der Waals surface area contributed by atoms with Gasteiger partial charge in [0.25, 0.3) is 0 Å². The van der Waals surface area contributed by atoms with Gasteiger partial charge in [0, 0.05) is 24.0 Å². The molecule has 110 valence electrons. The number of pyridine rings is 1. The molecular weight excluding hydrogens is 294 g/mol. The molecule has 5 heteroatoms. The molecule has 1 unspecified atom stereocenters. The fourth-order valence-corrected chi connectivity index (χ4v) is 2.81. The van der Waals surface area contributed by atoms with Gasteiger partial charge in [0.1, 0.15) is 0 Å². The summed E-state index contributed by atoms with van der Waals surface area (Å²) in [6.45, 7) is 0. The van der Waals surface area contributed by atoms with E-state index < -0.39 is 0 Å². The van der Waals surface area contributed by atoms with Gasteiger partial charge in [-0.05, 0) is 29.7 Å². The Balaban J connectivity index is 1.84. The molecule has 0 bridgehead atoms. The number of hydrogen-bond acceptors (Lipinski definition) is 4. The third-order valence-corrected chi connectivity index (χ3v) is 4.06. The fourth-order valence-electron chi connectivity index (χ4n) is 2.28. The van der Waals surface area contributed by atoms with Gasteiger partial charge in [0.05, 0.1) is 5.92 Å². The van der Waals surface area contributed by atoms with Crippen LogP contribution in [0, 0.1) is 0 Å². The van der Waals surface area contributed by atoms with Crippen LogP contribution in [0.3, 0.4) is 0 Å². The Morgan fingerprint density at radius 1 is 1.09 bits per heavy atom. The van der Waals surface area contributed by atoms with Crippen molar-refractivity contribution in [3.05, 3.63) is 77.6 Å². The minimum absolute atomic E-state index is 0.0436. The van der Waals surface area contributed by atoms with Crippen LogP contribution in [0.2, 0.25) is 0 Å². The summed E-state index contributed by atoms with van der Waals surface area (Å²) >= 11 is 1.42. The molecule has 0 fully saturated rings. The van der Waals surface area contributed by atoms with E-state index in [9.17, 15) is 4.79 Å². The predicted octanol–water partition coefficient (Wildman–Crippen LogP) is 3.50. The molecule has 0 aliphatic heterocycles. The third kappa shape index (κ3) is 3.56. The second-order valence-electron chi connectivity index (χ2n) is 4.85. The average Bonchev–Trinajstić information content (AvgIpc) is 3.07. The van der Waals surface area contributed by atoms with Gasteiger partial charge < -0.3 is 5.32 Å². The molecule has 22 heavy (non-hydrogen) atoms. The number of nitrogens with one attached hydrogen (secondary N) is 1. The number of aromatic nitrogens is 2. The molecule has 1 aromatic carbocycles. The van der Waals surface area contributed by atoms with E-state index >= 15 is 0 Å². The first kappa shape index (κ1) is 14.4. The van der Waals surface area contributed by atoms with Crippen LogP contribution in [0.4, 0.5) is 5.13 Å². The summed E-state index contributed by atoms with van der Waals surface area (Å²) in [6, 6.07) is 13.7. The monoisotopic (exact) mass is 309 g/mol. The van der Waals surface area contributed by atoms with E-state index in [1.807, 2.05) is 47.8 Å². The van der Waals surface area contributed by atoms with Gasteiger partial charge >= 0.3 is 0 Å². The standard InChI is InChI=1S/C17H15N3OS/c21-16(20-17-19-10-11-22-17)15(14-4-2-1-3-5-14)12-13-6-8-18-9-7-13/h1-11,15H,12H2,(H,19,20,21). The summed E-state index contributed by atoms with van der Waals surface area (Å²) in [6.07, 6.45) is 5.80. The van der Waals surface area contributed by atoms with Crippen LogP contribution >= 0.6 is 11.3 Å². The van der Waals surface area contributed by atoms with Crippen LogP contribution in [-0.2, 0) is 11.2 Å². The molecule has 0 radical (unpaired) electrons. The van der Waals surface area contributed by atoms with Crippen molar-refractivity contribution in [2.45, 2.75) is 12.3 Å². The third-order valence-electron chi connectivity index (χ3n) is 3.37. The maximum absolute atomic E-state index is 12.7. The van der Waals surface area contributed by atoms with Crippen molar-refractivity contribution in [2.24, 2.45) is 0 Å². The van der Waals surface area contributed by atoms with Gasteiger partial charge in [-0.15, -0.1) is 11.3 Å². The summed E-state index contributed by atoms with van der Waals surface area (Å²) in [5, 5.41) is 5.36. The zero-order valence-corrected chi connectivity index (χ0v) is 12.7. The molecule has 1 atom stereocenters. The predicted molar refractivity (Wildman–Crippen MR) is 87.9 cm³/mol. The Hall–Kier alpha value is -2.53. The van der Waals surface area contributed by atoms with Crippen LogP contribution in [0.5, 0.6) is 0 Å². The highest BCUT2D eigenvalue weighted by Crippen LogP contribution is 2.23. The maximum Gasteiger partial charge on any atom is 0.234 e. The normalized spacial score (nSPS) is 11.8. The van der Waals surface area contributed by atoms with E-state index in [1.54, 1.807) is 18.6 Å². The number of benzene rings is 1. The zero-order valence-electron chi connectivity index (χ0n) is 11.8. The molecule has 1 amide bonds. The van der Waals surface area contributed by atoms with Crippen molar-refractivity contribution in [3.63, 3.8) is 0 Å².